The van der Waals surface area contributed by atoms with Crippen molar-refractivity contribution in [2.75, 3.05) is 11.1 Å². The molecular weight excluding hydrogens is 264 g/mol. The van der Waals surface area contributed by atoms with E-state index in [1.807, 2.05) is 48.5 Å². The number of nitrogen functional groups attached to an aromatic ring is 1. The van der Waals surface area contributed by atoms with Gasteiger partial charge in [-0.1, -0.05) is 30.3 Å². The van der Waals surface area contributed by atoms with E-state index in [9.17, 15) is 4.79 Å². The molecule has 0 saturated carbocycles. The van der Waals surface area contributed by atoms with Gasteiger partial charge in [0.05, 0.1) is 5.69 Å². The maximum atomic E-state index is 11.1. The third-order valence-electron chi connectivity index (χ3n) is 3.33. The normalized spacial score (nSPS) is 10.5. The first-order chi connectivity index (χ1) is 10.2. The molecule has 1 aromatic heterocycles. The van der Waals surface area contributed by atoms with Crippen LogP contribution in [0, 0.1) is 0 Å². The summed E-state index contributed by atoms with van der Waals surface area (Å²) in [5, 5.41) is 8.68. The second-order valence-electron chi connectivity index (χ2n) is 4.80. The van der Waals surface area contributed by atoms with Crippen LogP contribution in [0.15, 0.2) is 59.4 Å². The lowest BCUT2D eigenvalue weighted by molar-refractivity contribution is 1.06. The third-order valence-corrected chi connectivity index (χ3v) is 3.33. The highest BCUT2D eigenvalue weighted by molar-refractivity contribution is 5.62. The van der Waals surface area contributed by atoms with Gasteiger partial charge in [0.25, 0.3) is 5.56 Å². The van der Waals surface area contributed by atoms with Gasteiger partial charge in [-0.3, -0.25) is 15.0 Å². The van der Waals surface area contributed by atoms with Crippen LogP contribution in [0.2, 0.25) is 0 Å². The quantitative estimate of drug-likeness (QED) is 0.554. The topological polar surface area (TPSA) is 86.7 Å². The average Bonchev–Trinajstić information content (AvgIpc) is 2.94. The number of anilines is 2. The van der Waals surface area contributed by atoms with Gasteiger partial charge in [0, 0.05) is 24.0 Å². The summed E-state index contributed by atoms with van der Waals surface area (Å²) < 4.78 is 0. The number of H-pyrrole nitrogens is 2. The smallest absolute Gasteiger partial charge is 0.264 e. The van der Waals surface area contributed by atoms with Gasteiger partial charge in [-0.15, -0.1) is 0 Å². The van der Waals surface area contributed by atoms with E-state index in [1.54, 1.807) is 0 Å². The molecule has 5 N–H and O–H groups in total. The maximum Gasteiger partial charge on any atom is 0.264 e. The molecule has 3 rings (SSSR count). The standard InChI is InChI=1S/C16H16N4O/c17-14-4-2-1-3-12(14)10-18-13-7-5-11(6-8-13)15-9-16(21)20-19-15/h1-9,18H,10,17H2,(H2,19,20,21). The molecule has 5 heteroatoms. The van der Waals surface area contributed by atoms with E-state index in [2.05, 4.69) is 15.5 Å². The summed E-state index contributed by atoms with van der Waals surface area (Å²) in [5.74, 6) is 0. The number of aromatic amines is 2. The van der Waals surface area contributed by atoms with Gasteiger partial charge in [-0.25, -0.2) is 0 Å². The molecule has 0 bridgehead atoms. The largest absolute Gasteiger partial charge is 0.398 e. The van der Waals surface area contributed by atoms with Crippen LogP contribution in [0.1, 0.15) is 5.56 Å². The molecule has 106 valence electrons. The Bertz CT molecular complexity index is 786. The Morgan fingerprint density at radius 2 is 1.76 bits per heavy atom. The van der Waals surface area contributed by atoms with Gasteiger partial charge in [0.1, 0.15) is 0 Å². The number of aromatic nitrogens is 2. The molecule has 0 aliphatic rings. The fraction of sp³-hybridized carbons (Fsp3) is 0.0625. The Morgan fingerprint density at radius 3 is 2.43 bits per heavy atom. The molecule has 0 aliphatic heterocycles. The van der Waals surface area contributed by atoms with Crippen molar-refractivity contribution < 1.29 is 0 Å². The van der Waals surface area contributed by atoms with Crippen molar-refractivity contribution in [3.8, 4) is 11.3 Å². The van der Waals surface area contributed by atoms with Gasteiger partial charge < -0.3 is 11.1 Å². The first-order valence-electron chi connectivity index (χ1n) is 6.68. The fourth-order valence-corrected chi connectivity index (χ4v) is 2.15. The van der Waals surface area contributed by atoms with E-state index in [4.69, 9.17) is 5.73 Å². The van der Waals surface area contributed by atoms with Crippen LogP contribution in [-0.4, -0.2) is 10.2 Å². The zero-order chi connectivity index (χ0) is 14.7. The Hall–Kier alpha value is -2.95. The predicted octanol–water partition coefficient (Wildman–Crippen LogP) is 2.56. The molecule has 0 saturated heterocycles. The number of para-hydroxylation sites is 1. The van der Waals surface area contributed by atoms with Gasteiger partial charge in [-0.2, -0.15) is 0 Å². The van der Waals surface area contributed by atoms with Crippen LogP contribution < -0.4 is 16.6 Å². The van der Waals surface area contributed by atoms with Crippen molar-refractivity contribution >= 4 is 11.4 Å². The van der Waals surface area contributed by atoms with Crippen molar-refractivity contribution in [3.05, 3.63) is 70.5 Å². The second kappa shape index (κ2) is 5.58. The highest BCUT2D eigenvalue weighted by Crippen LogP contribution is 2.19. The SMILES string of the molecule is Nc1ccccc1CNc1ccc(-c2cc(=O)[nH][nH]2)cc1. The molecule has 3 aromatic rings. The molecule has 5 nitrogen and oxygen atoms in total. The number of hydrogen-bond donors (Lipinski definition) is 4. The summed E-state index contributed by atoms with van der Waals surface area (Å²) in [5.41, 5.74) is 10.4. The Balaban J connectivity index is 1.70. The number of benzene rings is 2. The first kappa shape index (κ1) is 13.1. The molecule has 0 atom stereocenters. The van der Waals surface area contributed by atoms with Crippen molar-refractivity contribution in [2.24, 2.45) is 0 Å². The van der Waals surface area contributed by atoms with Crippen LogP contribution in [0.25, 0.3) is 11.3 Å². The highest BCUT2D eigenvalue weighted by Gasteiger charge is 2.01. The Kier molecular flexibility index (Phi) is 3.47. The minimum absolute atomic E-state index is 0.133. The third kappa shape index (κ3) is 2.97. The zero-order valence-corrected chi connectivity index (χ0v) is 11.4. The van der Waals surface area contributed by atoms with Crippen LogP contribution >= 0.6 is 0 Å². The average molecular weight is 280 g/mol. The van der Waals surface area contributed by atoms with E-state index in [-0.39, 0.29) is 5.56 Å². The second-order valence-corrected chi connectivity index (χ2v) is 4.80. The monoisotopic (exact) mass is 280 g/mol. The van der Waals surface area contributed by atoms with Crippen LogP contribution in [0.4, 0.5) is 11.4 Å². The Morgan fingerprint density at radius 1 is 1.00 bits per heavy atom. The molecule has 0 amide bonds. The summed E-state index contributed by atoms with van der Waals surface area (Å²) in [4.78, 5) is 11.1. The van der Waals surface area contributed by atoms with E-state index in [0.717, 1.165) is 28.2 Å². The lowest BCUT2D eigenvalue weighted by Gasteiger charge is -2.09. The molecule has 0 fully saturated rings. The fourth-order valence-electron chi connectivity index (χ4n) is 2.15. The van der Waals surface area contributed by atoms with Crippen molar-refractivity contribution in [1.82, 2.24) is 10.2 Å². The van der Waals surface area contributed by atoms with E-state index < -0.39 is 0 Å². The van der Waals surface area contributed by atoms with Crippen molar-refractivity contribution in [3.63, 3.8) is 0 Å². The number of hydrogen-bond acceptors (Lipinski definition) is 3. The summed E-state index contributed by atoms with van der Waals surface area (Å²) in [6.07, 6.45) is 0. The molecule has 0 spiro atoms. The molecular formula is C16H16N4O. The zero-order valence-electron chi connectivity index (χ0n) is 11.4. The van der Waals surface area contributed by atoms with E-state index >= 15 is 0 Å². The van der Waals surface area contributed by atoms with E-state index in [0.29, 0.717) is 6.54 Å². The van der Waals surface area contributed by atoms with Gasteiger partial charge >= 0.3 is 0 Å². The summed E-state index contributed by atoms with van der Waals surface area (Å²) in [6.45, 7) is 0.674. The molecule has 0 radical (unpaired) electrons. The van der Waals surface area contributed by atoms with Gasteiger partial charge in [-0.05, 0) is 29.3 Å². The number of nitrogens with two attached hydrogens (primary N) is 1. The van der Waals surface area contributed by atoms with Gasteiger partial charge in [0.2, 0.25) is 0 Å². The van der Waals surface area contributed by atoms with E-state index in [1.165, 1.54) is 6.07 Å². The van der Waals surface area contributed by atoms with Crippen molar-refractivity contribution in [2.45, 2.75) is 6.54 Å². The first-order valence-corrected chi connectivity index (χ1v) is 6.68. The summed E-state index contributed by atoms with van der Waals surface area (Å²) in [6, 6.07) is 17.2. The maximum absolute atomic E-state index is 11.1. The number of rotatable bonds is 4. The minimum Gasteiger partial charge on any atom is -0.398 e. The summed E-state index contributed by atoms with van der Waals surface area (Å²) in [7, 11) is 0. The minimum atomic E-state index is -0.133. The van der Waals surface area contributed by atoms with Crippen LogP contribution in [0.3, 0.4) is 0 Å². The molecule has 21 heavy (non-hydrogen) atoms. The molecule has 0 aliphatic carbocycles. The summed E-state index contributed by atoms with van der Waals surface area (Å²) >= 11 is 0. The molecule has 0 unspecified atom stereocenters. The Labute approximate surface area is 121 Å². The van der Waals surface area contributed by atoms with Crippen LogP contribution in [0.5, 0.6) is 0 Å². The highest BCUT2D eigenvalue weighted by atomic mass is 16.1. The molecule has 2 aromatic carbocycles. The number of nitrogens with one attached hydrogen (secondary N) is 3. The van der Waals surface area contributed by atoms with Crippen LogP contribution in [-0.2, 0) is 6.54 Å². The lowest BCUT2D eigenvalue weighted by Crippen LogP contribution is -2.02. The predicted molar refractivity (Wildman–Crippen MR) is 85.0 cm³/mol. The van der Waals surface area contributed by atoms with Crippen molar-refractivity contribution in [1.29, 1.82) is 0 Å². The lowest BCUT2D eigenvalue weighted by atomic mass is 10.1. The molecule has 1 heterocycles. The van der Waals surface area contributed by atoms with Gasteiger partial charge in [0.15, 0.2) is 0 Å².